The summed E-state index contributed by atoms with van der Waals surface area (Å²) < 4.78 is 26.7. The van der Waals surface area contributed by atoms with Gasteiger partial charge in [0.15, 0.2) is 0 Å². The van der Waals surface area contributed by atoms with Gasteiger partial charge in [0.2, 0.25) is 10.0 Å². The molecule has 1 rings (SSSR count). The Morgan fingerprint density at radius 3 is 2.47 bits per heavy atom. The topological polar surface area (TPSA) is 83.5 Å². The molecule has 1 fully saturated rings. The van der Waals surface area contributed by atoms with Gasteiger partial charge < -0.3 is 5.11 Å². The van der Waals surface area contributed by atoms with Gasteiger partial charge >= 0.3 is 5.97 Å². The van der Waals surface area contributed by atoms with Gasteiger partial charge in [-0.1, -0.05) is 26.2 Å². The van der Waals surface area contributed by atoms with Gasteiger partial charge in [0.05, 0.1) is 5.25 Å². The summed E-state index contributed by atoms with van der Waals surface area (Å²) in [4.78, 5) is 10.4. The van der Waals surface area contributed by atoms with E-state index in [2.05, 4.69) is 4.72 Å². The Balaban J connectivity index is 2.25. The molecule has 19 heavy (non-hydrogen) atoms. The summed E-state index contributed by atoms with van der Waals surface area (Å²) in [5.41, 5.74) is 0. The quantitative estimate of drug-likeness (QED) is 0.717. The minimum absolute atomic E-state index is 0.149. The van der Waals surface area contributed by atoms with E-state index < -0.39 is 16.0 Å². The van der Waals surface area contributed by atoms with Gasteiger partial charge in [0.1, 0.15) is 0 Å². The predicted molar refractivity (Wildman–Crippen MR) is 74.4 cm³/mol. The summed E-state index contributed by atoms with van der Waals surface area (Å²) in [6.45, 7) is 2.37. The summed E-state index contributed by atoms with van der Waals surface area (Å²) in [5, 5.41) is 8.35. The number of sulfonamides is 1. The highest BCUT2D eigenvalue weighted by molar-refractivity contribution is 7.90. The van der Waals surface area contributed by atoms with Crippen molar-refractivity contribution in [1.82, 2.24) is 4.72 Å². The minimum Gasteiger partial charge on any atom is -0.481 e. The molecule has 0 heterocycles. The molecule has 6 heteroatoms. The molecule has 1 aliphatic carbocycles. The lowest BCUT2D eigenvalue weighted by atomic mass is 10.0. The zero-order chi connectivity index (χ0) is 14.3. The lowest BCUT2D eigenvalue weighted by molar-refractivity contribution is -0.137. The maximum atomic E-state index is 12.0. The van der Waals surface area contributed by atoms with Crippen molar-refractivity contribution >= 4 is 16.0 Å². The van der Waals surface area contributed by atoms with Crippen LogP contribution in [0.25, 0.3) is 0 Å². The summed E-state index contributed by atoms with van der Waals surface area (Å²) in [6.07, 6.45) is 6.11. The molecule has 0 aliphatic heterocycles. The first-order valence-corrected chi connectivity index (χ1v) is 8.66. The molecule has 0 spiro atoms. The number of carbonyl (C=O) groups is 1. The number of carboxylic acid groups (broad SMARTS) is 1. The summed E-state index contributed by atoms with van der Waals surface area (Å²) >= 11 is 0. The molecule has 1 aliphatic rings. The standard InChI is InChI=1S/C13H25NO4S/c1-11(7-8-13(15)16)9-10-14-19(17,18)12-5-3-2-4-6-12/h11-12,14H,2-10H2,1H3,(H,15,16). The van der Waals surface area contributed by atoms with Gasteiger partial charge in [-0.25, -0.2) is 13.1 Å². The van der Waals surface area contributed by atoms with Gasteiger partial charge in [-0.3, -0.25) is 4.79 Å². The van der Waals surface area contributed by atoms with E-state index in [0.29, 0.717) is 19.4 Å². The lowest BCUT2D eigenvalue weighted by Crippen LogP contribution is -2.36. The summed E-state index contributed by atoms with van der Waals surface area (Å²) in [7, 11) is -3.18. The highest BCUT2D eigenvalue weighted by Gasteiger charge is 2.26. The molecule has 1 saturated carbocycles. The van der Waals surface area contributed by atoms with Crippen molar-refractivity contribution in [2.75, 3.05) is 6.54 Å². The van der Waals surface area contributed by atoms with Crippen LogP contribution in [0.3, 0.4) is 0 Å². The van der Waals surface area contributed by atoms with Gasteiger partial charge in [0.25, 0.3) is 0 Å². The second kappa shape index (κ2) is 7.85. The second-order valence-corrected chi connectivity index (χ2v) is 7.57. The van der Waals surface area contributed by atoms with Crippen LogP contribution in [0.1, 0.15) is 58.3 Å². The minimum atomic E-state index is -3.18. The average molecular weight is 291 g/mol. The van der Waals surface area contributed by atoms with Crippen molar-refractivity contribution in [2.24, 2.45) is 5.92 Å². The normalized spacial score (nSPS) is 19.2. The van der Waals surface area contributed by atoms with E-state index in [-0.39, 0.29) is 17.6 Å². The largest absolute Gasteiger partial charge is 0.481 e. The van der Waals surface area contributed by atoms with E-state index in [0.717, 1.165) is 32.1 Å². The third-order valence-corrected chi connectivity index (χ3v) is 5.74. The molecule has 0 bridgehead atoms. The summed E-state index contributed by atoms with van der Waals surface area (Å²) in [6, 6.07) is 0. The first kappa shape index (κ1) is 16.4. The molecular weight excluding hydrogens is 266 g/mol. The molecular formula is C13H25NO4S. The third kappa shape index (κ3) is 6.38. The van der Waals surface area contributed by atoms with Crippen molar-refractivity contribution < 1.29 is 18.3 Å². The van der Waals surface area contributed by atoms with Crippen LogP contribution in [0.5, 0.6) is 0 Å². The first-order valence-electron chi connectivity index (χ1n) is 7.12. The number of carboxylic acids is 1. The first-order chi connectivity index (χ1) is 8.92. The van der Waals surface area contributed by atoms with Crippen LogP contribution in [0.15, 0.2) is 0 Å². The zero-order valence-corrected chi connectivity index (χ0v) is 12.4. The maximum absolute atomic E-state index is 12.0. The van der Waals surface area contributed by atoms with E-state index in [9.17, 15) is 13.2 Å². The Kier molecular flexibility index (Phi) is 6.79. The Labute approximate surface area is 115 Å². The fourth-order valence-electron chi connectivity index (χ4n) is 2.46. The number of aliphatic carboxylic acids is 1. The summed E-state index contributed by atoms with van der Waals surface area (Å²) in [5.74, 6) is -0.570. The average Bonchev–Trinajstić information content (AvgIpc) is 2.37. The van der Waals surface area contributed by atoms with E-state index in [1.807, 2.05) is 6.92 Å². The van der Waals surface area contributed by atoms with Crippen molar-refractivity contribution in [1.29, 1.82) is 0 Å². The van der Waals surface area contributed by atoms with Crippen LogP contribution in [0.4, 0.5) is 0 Å². The van der Waals surface area contributed by atoms with Crippen LogP contribution in [0, 0.1) is 5.92 Å². The highest BCUT2D eigenvalue weighted by atomic mass is 32.2. The number of rotatable bonds is 8. The van der Waals surface area contributed by atoms with Crippen LogP contribution in [-0.2, 0) is 14.8 Å². The third-order valence-electron chi connectivity index (χ3n) is 3.78. The smallest absolute Gasteiger partial charge is 0.303 e. The molecule has 0 aromatic rings. The molecule has 1 unspecified atom stereocenters. The predicted octanol–water partition coefficient (Wildman–Crippen LogP) is 2.13. The van der Waals surface area contributed by atoms with Crippen LogP contribution < -0.4 is 4.72 Å². The van der Waals surface area contributed by atoms with Gasteiger partial charge in [-0.05, 0) is 31.6 Å². The zero-order valence-electron chi connectivity index (χ0n) is 11.6. The maximum Gasteiger partial charge on any atom is 0.303 e. The Hall–Kier alpha value is -0.620. The van der Waals surface area contributed by atoms with Crippen LogP contribution >= 0.6 is 0 Å². The Bertz CT molecular complexity index is 374. The van der Waals surface area contributed by atoms with E-state index in [1.165, 1.54) is 0 Å². The molecule has 0 aromatic carbocycles. The monoisotopic (exact) mass is 291 g/mol. The van der Waals surface area contributed by atoms with E-state index in [4.69, 9.17) is 5.11 Å². The van der Waals surface area contributed by atoms with Crippen molar-refractivity contribution in [3.63, 3.8) is 0 Å². The van der Waals surface area contributed by atoms with Crippen molar-refractivity contribution in [3.8, 4) is 0 Å². The highest BCUT2D eigenvalue weighted by Crippen LogP contribution is 2.23. The Morgan fingerprint density at radius 1 is 1.26 bits per heavy atom. The fourth-order valence-corrected chi connectivity index (χ4v) is 4.05. The molecule has 112 valence electrons. The number of nitrogens with one attached hydrogen (secondary N) is 1. The lowest BCUT2D eigenvalue weighted by Gasteiger charge is -2.22. The molecule has 2 N–H and O–H groups in total. The fraction of sp³-hybridized carbons (Fsp3) is 0.923. The van der Waals surface area contributed by atoms with Gasteiger partial charge in [-0.2, -0.15) is 0 Å². The van der Waals surface area contributed by atoms with Crippen LogP contribution in [0.2, 0.25) is 0 Å². The molecule has 1 atom stereocenters. The Morgan fingerprint density at radius 2 is 1.89 bits per heavy atom. The molecule has 5 nitrogen and oxygen atoms in total. The number of hydrogen-bond acceptors (Lipinski definition) is 3. The van der Waals surface area contributed by atoms with Gasteiger partial charge in [-0.15, -0.1) is 0 Å². The van der Waals surface area contributed by atoms with Crippen molar-refractivity contribution in [3.05, 3.63) is 0 Å². The molecule has 0 amide bonds. The molecule has 0 aromatic heterocycles. The van der Waals surface area contributed by atoms with Crippen LogP contribution in [-0.4, -0.2) is 31.3 Å². The van der Waals surface area contributed by atoms with Gasteiger partial charge in [0, 0.05) is 13.0 Å². The second-order valence-electron chi connectivity index (χ2n) is 5.53. The van der Waals surface area contributed by atoms with E-state index >= 15 is 0 Å². The molecule has 0 saturated heterocycles. The SMILES string of the molecule is CC(CCNS(=O)(=O)C1CCCCC1)CCC(=O)O. The van der Waals surface area contributed by atoms with E-state index in [1.54, 1.807) is 0 Å². The molecule has 0 radical (unpaired) electrons. The number of hydrogen-bond donors (Lipinski definition) is 2. The van der Waals surface area contributed by atoms with Crippen molar-refractivity contribution in [2.45, 2.75) is 63.5 Å².